The van der Waals surface area contributed by atoms with Crippen LogP contribution in [0, 0.1) is 5.41 Å². The summed E-state index contributed by atoms with van der Waals surface area (Å²) >= 11 is 0. The topological polar surface area (TPSA) is 24.5 Å². The minimum absolute atomic E-state index is 0.290. The van der Waals surface area contributed by atoms with E-state index in [1.807, 2.05) is 6.92 Å². The molecule has 0 saturated heterocycles. The molecule has 0 aliphatic heterocycles. The van der Waals surface area contributed by atoms with Gasteiger partial charge in [0.05, 0.1) is 6.61 Å². The molecule has 0 radical (unpaired) electrons. The Bertz CT molecular complexity index is 183. The molecule has 17 heavy (non-hydrogen) atoms. The summed E-state index contributed by atoms with van der Waals surface area (Å²) in [5.74, 6) is 0. The van der Waals surface area contributed by atoms with Crippen LogP contribution in [0.25, 0.3) is 0 Å². The van der Waals surface area contributed by atoms with E-state index in [9.17, 15) is 0 Å². The fourth-order valence-corrected chi connectivity index (χ4v) is 1.98. The number of hydrogen-bond acceptors (Lipinski definition) is 3. The van der Waals surface area contributed by atoms with Crippen molar-refractivity contribution >= 4 is 0 Å². The molecule has 0 saturated carbocycles. The first-order chi connectivity index (χ1) is 7.97. The van der Waals surface area contributed by atoms with Crippen LogP contribution in [0.3, 0.4) is 0 Å². The first-order valence-corrected chi connectivity index (χ1v) is 7.01. The van der Waals surface area contributed by atoms with Crippen LogP contribution in [0.1, 0.15) is 41.5 Å². The molecule has 0 aliphatic rings. The van der Waals surface area contributed by atoms with Crippen LogP contribution in [0.15, 0.2) is 0 Å². The van der Waals surface area contributed by atoms with Crippen LogP contribution in [-0.4, -0.2) is 50.3 Å². The Balaban J connectivity index is 4.13. The van der Waals surface area contributed by atoms with Crippen molar-refractivity contribution in [3.8, 4) is 0 Å². The molecule has 0 rings (SSSR count). The van der Waals surface area contributed by atoms with Crippen molar-refractivity contribution in [2.75, 3.05) is 39.4 Å². The smallest absolute Gasteiger partial charge is 0.0593 e. The predicted molar refractivity (Wildman–Crippen MR) is 75.5 cm³/mol. The highest BCUT2D eigenvalue weighted by atomic mass is 16.5. The SMILES string of the molecule is CCNC(C)C(C)(C)CN(CC)CCOCC. The van der Waals surface area contributed by atoms with Gasteiger partial charge in [-0.25, -0.2) is 0 Å². The molecule has 0 aromatic carbocycles. The Morgan fingerprint density at radius 3 is 2.35 bits per heavy atom. The first-order valence-electron chi connectivity index (χ1n) is 7.01. The van der Waals surface area contributed by atoms with Crippen LogP contribution in [0.5, 0.6) is 0 Å². The third kappa shape index (κ3) is 7.02. The lowest BCUT2D eigenvalue weighted by Gasteiger charge is -2.37. The quantitative estimate of drug-likeness (QED) is 0.597. The molecule has 0 fully saturated rings. The summed E-state index contributed by atoms with van der Waals surface area (Å²) in [6, 6.07) is 0.536. The summed E-state index contributed by atoms with van der Waals surface area (Å²) in [5.41, 5.74) is 0.290. The summed E-state index contributed by atoms with van der Waals surface area (Å²) in [6.07, 6.45) is 0. The van der Waals surface area contributed by atoms with Gasteiger partial charge in [0.15, 0.2) is 0 Å². The predicted octanol–water partition coefficient (Wildman–Crippen LogP) is 2.37. The lowest BCUT2D eigenvalue weighted by atomic mass is 9.84. The molecule has 0 amide bonds. The number of nitrogens with one attached hydrogen (secondary N) is 1. The monoisotopic (exact) mass is 244 g/mol. The van der Waals surface area contributed by atoms with Gasteiger partial charge in [-0.05, 0) is 32.4 Å². The molecule has 0 aliphatic carbocycles. The van der Waals surface area contributed by atoms with Crippen LogP contribution in [0.2, 0.25) is 0 Å². The van der Waals surface area contributed by atoms with Gasteiger partial charge in [0.25, 0.3) is 0 Å². The van der Waals surface area contributed by atoms with E-state index in [2.05, 4.69) is 44.8 Å². The van der Waals surface area contributed by atoms with E-state index < -0.39 is 0 Å². The Hall–Kier alpha value is -0.120. The fraction of sp³-hybridized carbons (Fsp3) is 1.00. The second-order valence-corrected chi connectivity index (χ2v) is 5.33. The van der Waals surface area contributed by atoms with E-state index >= 15 is 0 Å². The zero-order valence-electron chi connectivity index (χ0n) is 12.7. The van der Waals surface area contributed by atoms with Crippen molar-refractivity contribution in [2.45, 2.75) is 47.6 Å². The van der Waals surface area contributed by atoms with Gasteiger partial charge in [-0.15, -0.1) is 0 Å². The zero-order valence-corrected chi connectivity index (χ0v) is 12.7. The maximum atomic E-state index is 5.43. The number of ether oxygens (including phenoxy) is 1. The number of rotatable bonds is 10. The van der Waals surface area contributed by atoms with Crippen molar-refractivity contribution in [3.05, 3.63) is 0 Å². The summed E-state index contributed by atoms with van der Waals surface area (Å²) in [7, 11) is 0. The van der Waals surface area contributed by atoms with Crippen LogP contribution >= 0.6 is 0 Å². The molecule has 3 heteroatoms. The Morgan fingerprint density at radius 1 is 1.24 bits per heavy atom. The molecule has 0 heterocycles. The lowest BCUT2D eigenvalue weighted by Crippen LogP contribution is -2.47. The molecule has 1 atom stereocenters. The van der Waals surface area contributed by atoms with E-state index in [-0.39, 0.29) is 5.41 Å². The maximum absolute atomic E-state index is 5.43. The highest BCUT2D eigenvalue weighted by Gasteiger charge is 2.27. The van der Waals surface area contributed by atoms with E-state index in [1.54, 1.807) is 0 Å². The fourth-order valence-electron chi connectivity index (χ4n) is 1.98. The Kier molecular flexibility index (Phi) is 8.83. The van der Waals surface area contributed by atoms with Gasteiger partial charge in [-0.3, -0.25) is 0 Å². The molecule has 0 spiro atoms. The van der Waals surface area contributed by atoms with Gasteiger partial charge in [-0.1, -0.05) is 27.7 Å². The van der Waals surface area contributed by atoms with E-state index in [0.29, 0.717) is 6.04 Å². The molecule has 3 nitrogen and oxygen atoms in total. The standard InChI is InChI=1S/C14H32N2O/c1-7-15-13(4)14(5,6)12-16(8-2)10-11-17-9-3/h13,15H,7-12H2,1-6H3. The second kappa shape index (κ2) is 8.90. The van der Waals surface area contributed by atoms with Crippen molar-refractivity contribution in [3.63, 3.8) is 0 Å². The minimum atomic E-state index is 0.290. The second-order valence-electron chi connectivity index (χ2n) is 5.33. The highest BCUT2D eigenvalue weighted by Crippen LogP contribution is 2.21. The van der Waals surface area contributed by atoms with Gasteiger partial charge in [-0.2, -0.15) is 0 Å². The molecular formula is C14H32N2O. The van der Waals surface area contributed by atoms with E-state index in [0.717, 1.165) is 39.4 Å². The molecule has 0 bridgehead atoms. The van der Waals surface area contributed by atoms with E-state index in [1.165, 1.54) is 0 Å². The number of likely N-dealkylation sites (N-methyl/N-ethyl adjacent to an activating group) is 1. The van der Waals surface area contributed by atoms with Crippen molar-refractivity contribution < 1.29 is 4.74 Å². The van der Waals surface area contributed by atoms with Gasteiger partial charge >= 0.3 is 0 Å². The summed E-state index contributed by atoms with van der Waals surface area (Å²) < 4.78 is 5.43. The largest absolute Gasteiger partial charge is 0.380 e. The normalized spacial score (nSPS) is 14.3. The molecule has 104 valence electrons. The number of nitrogens with zero attached hydrogens (tertiary/aromatic N) is 1. The van der Waals surface area contributed by atoms with Gasteiger partial charge in [0.2, 0.25) is 0 Å². The molecular weight excluding hydrogens is 212 g/mol. The van der Waals surface area contributed by atoms with Crippen molar-refractivity contribution in [2.24, 2.45) is 5.41 Å². The lowest BCUT2D eigenvalue weighted by molar-refractivity contribution is 0.0882. The maximum Gasteiger partial charge on any atom is 0.0593 e. The van der Waals surface area contributed by atoms with E-state index in [4.69, 9.17) is 4.74 Å². The molecule has 1 unspecified atom stereocenters. The van der Waals surface area contributed by atoms with Crippen LogP contribution in [0.4, 0.5) is 0 Å². The Morgan fingerprint density at radius 2 is 1.88 bits per heavy atom. The van der Waals surface area contributed by atoms with Crippen LogP contribution in [-0.2, 0) is 4.74 Å². The van der Waals surface area contributed by atoms with Gasteiger partial charge in [0.1, 0.15) is 0 Å². The minimum Gasteiger partial charge on any atom is -0.380 e. The first kappa shape index (κ1) is 16.9. The highest BCUT2D eigenvalue weighted by molar-refractivity contribution is 4.83. The molecule has 1 N–H and O–H groups in total. The molecule has 0 aromatic rings. The Labute approximate surface area is 108 Å². The van der Waals surface area contributed by atoms with Crippen molar-refractivity contribution in [1.82, 2.24) is 10.2 Å². The van der Waals surface area contributed by atoms with Gasteiger partial charge < -0.3 is 15.0 Å². The summed E-state index contributed by atoms with van der Waals surface area (Å²) in [5, 5.41) is 3.52. The average molecular weight is 244 g/mol. The average Bonchev–Trinajstić information content (AvgIpc) is 2.28. The molecule has 0 aromatic heterocycles. The summed E-state index contributed by atoms with van der Waals surface area (Å²) in [6.45, 7) is 19.3. The zero-order chi connectivity index (χ0) is 13.3. The van der Waals surface area contributed by atoms with Crippen LogP contribution < -0.4 is 5.32 Å². The number of hydrogen-bond donors (Lipinski definition) is 1. The van der Waals surface area contributed by atoms with Gasteiger partial charge in [0, 0.05) is 25.7 Å². The van der Waals surface area contributed by atoms with Crippen molar-refractivity contribution in [1.29, 1.82) is 0 Å². The summed E-state index contributed by atoms with van der Waals surface area (Å²) in [4.78, 5) is 2.48. The third-order valence-corrected chi connectivity index (χ3v) is 3.52. The third-order valence-electron chi connectivity index (χ3n) is 3.52.